The molecule has 0 N–H and O–H groups in total. The maximum Gasteiger partial charge on any atom is 0.165 e. The van der Waals surface area contributed by atoms with Crippen molar-refractivity contribution in [1.29, 1.82) is 0 Å². The van der Waals surface area contributed by atoms with Crippen molar-refractivity contribution in [1.82, 2.24) is 0 Å². The summed E-state index contributed by atoms with van der Waals surface area (Å²) in [6.45, 7) is 4.22. The van der Waals surface area contributed by atoms with E-state index in [9.17, 15) is 9.18 Å². The Morgan fingerprint density at radius 3 is 2.65 bits per heavy atom. The summed E-state index contributed by atoms with van der Waals surface area (Å²) in [6.07, 6.45) is 2.20. The smallest absolute Gasteiger partial charge is 0.165 e. The summed E-state index contributed by atoms with van der Waals surface area (Å²) in [7, 11) is 1.47. The molecule has 0 saturated heterocycles. The predicted molar refractivity (Wildman–Crippen MR) is 66.0 cm³/mol. The Bertz CT molecular complexity index is 386. The van der Waals surface area contributed by atoms with Gasteiger partial charge in [0.25, 0.3) is 0 Å². The van der Waals surface area contributed by atoms with Crippen molar-refractivity contribution in [2.45, 2.75) is 33.1 Å². The van der Waals surface area contributed by atoms with Gasteiger partial charge in [0.1, 0.15) is 11.6 Å². The van der Waals surface area contributed by atoms with Crippen LogP contribution in [-0.2, 0) is 0 Å². The third-order valence-electron chi connectivity index (χ3n) is 2.66. The van der Waals surface area contributed by atoms with Crippen molar-refractivity contribution in [3.05, 3.63) is 29.6 Å². The van der Waals surface area contributed by atoms with Crippen LogP contribution in [0.3, 0.4) is 0 Å². The fourth-order valence-corrected chi connectivity index (χ4v) is 1.65. The van der Waals surface area contributed by atoms with Crippen molar-refractivity contribution in [2.24, 2.45) is 5.92 Å². The molecule has 0 aliphatic rings. The molecule has 1 aromatic rings. The Hall–Kier alpha value is -1.38. The van der Waals surface area contributed by atoms with Crippen molar-refractivity contribution < 1.29 is 13.9 Å². The topological polar surface area (TPSA) is 26.3 Å². The van der Waals surface area contributed by atoms with Crippen molar-refractivity contribution >= 4 is 5.78 Å². The summed E-state index contributed by atoms with van der Waals surface area (Å²) in [4.78, 5) is 11.8. The molecular weight excluding hydrogens is 219 g/mol. The summed E-state index contributed by atoms with van der Waals surface area (Å²) < 4.78 is 18.5. The van der Waals surface area contributed by atoms with E-state index in [-0.39, 0.29) is 11.3 Å². The monoisotopic (exact) mass is 238 g/mol. The van der Waals surface area contributed by atoms with E-state index in [0.29, 0.717) is 18.1 Å². The van der Waals surface area contributed by atoms with Crippen LogP contribution in [0.25, 0.3) is 0 Å². The van der Waals surface area contributed by atoms with Crippen LogP contribution < -0.4 is 4.74 Å². The lowest BCUT2D eigenvalue weighted by Gasteiger charge is -2.06. The Kier molecular flexibility index (Phi) is 5.13. The molecule has 3 heteroatoms. The molecule has 0 unspecified atom stereocenters. The zero-order chi connectivity index (χ0) is 12.8. The van der Waals surface area contributed by atoms with Crippen molar-refractivity contribution in [3.8, 4) is 5.75 Å². The quantitative estimate of drug-likeness (QED) is 0.704. The Morgan fingerprint density at radius 1 is 1.41 bits per heavy atom. The van der Waals surface area contributed by atoms with Crippen LogP contribution in [-0.4, -0.2) is 12.9 Å². The number of hydrogen-bond donors (Lipinski definition) is 0. The highest BCUT2D eigenvalue weighted by Crippen LogP contribution is 2.18. The second-order valence-corrected chi connectivity index (χ2v) is 4.56. The van der Waals surface area contributed by atoms with Crippen LogP contribution in [0.2, 0.25) is 0 Å². The molecule has 2 nitrogen and oxygen atoms in total. The van der Waals surface area contributed by atoms with Crippen LogP contribution in [0.5, 0.6) is 5.75 Å². The standard InChI is InChI=1S/C14H19FO2/c1-10(2)5-4-6-14(16)12-8-7-11(17-3)9-13(12)15/h7-10H,4-6H2,1-3H3. The molecule has 1 rings (SSSR count). The number of ketones is 1. The van der Waals surface area contributed by atoms with E-state index >= 15 is 0 Å². The van der Waals surface area contributed by atoms with Gasteiger partial charge in [0.05, 0.1) is 12.7 Å². The normalized spacial score (nSPS) is 10.6. The summed E-state index contributed by atoms with van der Waals surface area (Å²) in [5.74, 6) is 0.370. The molecule has 0 bridgehead atoms. The van der Waals surface area contributed by atoms with Gasteiger partial charge in [-0.25, -0.2) is 4.39 Å². The number of carbonyl (C=O) groups is 1. The molecule has 17 heavy (non-hydrogen) atoms. The summed E-state index contributed by atoms with van der Waals surface area (Å²) in [5.41, 5.74) is 0.162. The minimum absolute atomic E-state index is 0.134. The molecular formula is C14H19FO2. The number of methoxy groups -OCH3 is 1. The molecule has 0 atom stereocenters. The Labute approximate surface area is 102 Å². The number of rotatable bonds is 6. The number of ether oxygens (including phenoxy) is 1. The van der Waals surface area contributed by atoms with Gasteiger partial charge in [-0.15, -0.1) is 0 Å². The SMILES string of the molecule is COc1ccc(C(=O)CCCC(C)C)c(F)c1. The molecule has 0 saturated carbocycles. The van der Waals surface area contributed by atoms with E-state index in [1.165, 1.54) is 19.2 Å². The van der Waals surface area contributed by atoms with Crippen molar-refractivity contribution in [2.75, 3.05) is 7.11 Å². The summed E-state index contributed by atoms with van der Waals surface area (Å²) >= 11 is 0. The van der Waals surface area contributed by atoms with Gasteiger partial charge < -0.3 is 4.74 Å². The van der Waals surface area contributed by atoms with Gasteiger partial charge in [0.15, 0.2) is 5.78 Å². The van der Waals surface area contributed by atoms with Gasteiger partial charge in [-0.05, 0) is 24.5 Å². The van der Waals surface area contributed by atoms with E-state index in [4.69, 9.17) is 4.74 Å². The maximum atomic E-state index is 13.6. The lowest BCUT2D eigenvalue weighted by atomic mass is 10.0. The Balaban J connectivity index is 2.63. The maximum absolute atomic E-state index is 13.6. The molecule has 0 fully saturated rings. The lowest BCUT2D eigenvalue weighted by Crippen LogP contribution is -2.03. The van der Waals surface area contributed by atoms with Gasteiger partial charge in [-0.1, -0.05) is 20.3 Å². The van der Waals surface area contributed by atoms with E-state index in [1.54, 1.807) is 6.07 Å². The largest absolute Gasteiger partial charge is 0.497 e. The minimum Gasteiger partial charge on any atom is -0.497 e. The van der Waals surface area contributed by atoms with Crippen LogP contribution in [0.1, 0.15) is 43.5 Å². The molecule has 0 aromatic heterocycles. The first-order chi connectivity index (χ1) is 8.04. The fourth-order valence-electron chi connectivity index (χ4n) is 1.65. The first-order valence-corrected chi connectivity index (χ1v) is 5.91. The van der Waals surface area contributed by atoms with E-state index in [1.807, 2.05) is 0 Å². The molecule has 0 amide bonds. The van der Waals surface area contributed by atoms with Crippen LogP contribution in [0, 0.1) is 11.7 Å². The van der Waals surface area contributed by atoms with Gasteiger partial charge in [-0.2, -0.15) is 0 Å². The third-order valence-corrected chi connectivity index (χ3v) is 2.66. The average Bonchev–Trinajstić information content (AvgIpc) is 2.28. The zero-order valence-corrected chi connectivity index (χ0v) is 10.6. The number of carbonyl (C=O) groups excluding carboxylic acids is 1. The molecule has 0 heterocycles. The molecule has 94 valence electrons. The van der Waals surface area contributed by atoms with Gasteiger partial charge in [0, 0.05) is 12.5 Å². The third kappa shape index (κ3) is 4.17. The van der Waals surface area contributed by atoms with E-state index < -0.39 is 5.82 Å². The fraction of sp³-hybridized carbons (Fsp3) is 0.500. The molecule has 0 aliphatic carbocycles. The highest BCUT2D eigenvalue weighted by Gasteiger charge is 2.12. The molecule has 0 spiro atoms. The molecule has 0 radical (unpaired) electrons. The highest BCUT2D eigenvalue weighted by atomic mass is 19.1. The lowest BCUT2D eigenvalue weighted by molar-refractivity contribution is 0.0974. The van der Waals surface area contributed by atoms with E-state index in [2.05, 4.69) is 13.8 Å². The van der Waals surface area contributed by atoms with Gasteiger partial charge >= 0.3 is 0 Å². The predicted octanol–water partition coefficient (Wildman–Crippen LogP) is 3.84. The summed E-state index contributed by atoms with van der Waals surface area (Å²) in [5, 5.41) is 0. The van der Waals surface area contributed by atoms with Gasteiger partial charge in [0.2, 0.25) is 0 Å². The number of Topliss-reactive ketones (excluding diaryl/α,β-unsaturated/α-hetero) is 1. The second kappa shape index (κ2) is 6.38. The second-order valence-electron chi connectivity index (χ2n) is 4.56. The number of halogens is 1. The molecule has 1 aromatic carbocycles. The van der Waals surface area contributed by atoms with Crippen LogP contribution in [0.15, 0.2) is 18.2 Å². The Morgan fingerprint density at radius 2 is 2.12 bits per heavy atom. The van der Waals surface area contributed by atoms with E-state index in [0.717, 1.165) is 12.8 Å². The first-order valence-electron chi connectivity index (χ1n) is 5.91. The van der Waals surface area contributed by atoms with Gasteiger partial charge in [-0.3, -0.25) is 4.79 Å². The number of benzene rings is 1. The first kappa shape index (κ1) is 13.7. The average molecular weight is 238 g/mol. The highest BCUT2D eigenvalue weighted by molar-refractivity contribution is 5.96. The van der Waals surface area contributed by atoms with Crippen LogP contribution in [0.4, 0.5) is 4.39 Å². The number of hydrogen-bond acceptors (Lipinski definition) is 2. The minimum atomic E-state index is -0.501. The molecule has 0 aliphatic heterocycles. The summed E-state index contributed by atoms with van der Waals surface area (Å²) in [6, 6.07) is 4.35. The van der Waals surface area contributed by atoms with Crippen LogP contribution >= 0.6 is 0 Å². The zero-order valence-electron chi connectivity index (χ0n) is 10.6. The van der Waals surface area contributed by atoms with Crippen molar-refractivity contribution in [3.63, 3.8) is 0 Å².